The molecule has 2 aromatic carbocycles. The van der Waals surface area contributed by atoms with E-state index >= 15 is 0 Å². The highest BCUT2D eigenvalue weighted by molar-refractivity contribution is 5.62. The first kappa shape index (κ1) is 13.4. The Labute approximate surface area is 116 Å². The Hall–Kier alpha value is -2.02. The van der Waals surface area contributed by atoms with Crippen LogP contribution in [-0.2, 0) is 0 Å². The van der Waals surface area contributed by atoms with Crippen molar-refractivity contribution in [1.29, 1.82) is 0 Å². The molecule has 1 N–H and O–H groups in total. The van der Waals surface area contributed by atoms with Crippen molar-refractivity contribution in [2.24, 2.45) is 0 Å². The second-order valence-electron chi connectivity index (χ2n) is 4.72. The van der Waals surface area contributed by atoms with E-state index in [9.17, 15) is 0 Å². The van der Waals surface area contributed by atoms with Gasteiger partial charge in [-0.1, -0.05) is 67.2 Å². The predicted molar refractivity (Wildman–Crippen MR) is 82.9 cm³/mol. The highest BCUT2D eigenvalue weighted by Crippen LogP contribution is 2.17. The first-order valence-electron chi connectivity index (χ1n) is 6.88. The van der Waals surface area contributed by atoms with Crippen LogP contribution in [0.5, 0.6) is 0 Å². The zero-order chi connectivity index (χ0) is 13.3. The van der Waals surface area contributed by atoms with Gasteiger partial charge in [-0.15, -0.1) is 0 Å². The Balaban J connectivity index is 0.000000163. The number of allylic oxidation sites excluding steroid dienone is 1. The van der Waals surface area contributed by atoms with E-state index in [2.05, 4.69) is 60.4 Å². The molecule has 0 spiro atoms. The van der Waals surface area contributed by atoms with Crippen molar-refractivity contribution in [3.63, 3.8) is 0 Å². The summed E-state index contributed by atoms with van der Waals surface area (Å²) in [6.45, 7) is 4.94. The third-order valence-corrected chi connectivity index (χ3v) is 3.16. The van der Waals surface area contributed by atoms with Gasteiger partial charge in [0.2, 0.25) is 0 Å². The largest absolute Gasteiger partial charge is 0.389 e. The van der Waals surface area contributed by atoms with Crippen molar-refractivity contribution in [3.8, 4) is 11.1 Å². The van der Waals surface area contributed by atoms with Gasteiger partial charge in [-0.25, -0.2) is 0 Å². The number of nitrogens with one attached hydrogen (secondary N) is 1. The van der Waals surface area contributed by atoms with Gasteiger partial charge in [0.05, 0.1) is 0 Å². The van der Waals surface area contributed by atoms with Crippen LogP contribution in [-0.4, -0.2) is 6.54 Å². The fourth-order valence-electron chi connectivity index (χ4n) is 2.08. The maximum atomic E-state index is 3.80. The average molecular weight is 251 g/mol. The maximum Gasteiger partial charge on any atom is 0.0143 e. The highest BCUT2D eigenvalue weighted by Gasteiger charge is 1.98. The Bertz CT molecular complexity index is 442. The summed E-state index contributed by atoms with van der Waals surface area (Å²) < 4.78 is 0. The van der Waals surface area contributed by atoms with Gasteiger partial charge in [-0.3, -0.25) is 0 Å². The molecule has 3 rings (SSSR count). The first-order valence-corrected chi connectivity index (χ1v) is 6.88. The Morgan fingerprint density at radius 3 is 1.58 bits per heavy atom. The van der Waals surface area contributed by atoms with Crippen LogP contribution >= 0.6 is 0 Å². The molecule has 0 atom stereocenters. The molecule has 0 radical (unpaired) electrons. The van der Waals surface area contributed by atoms with Crippen LogP contribution in [0.2, 0.25) is 0 Å². The molecule has 98 valence electrons. The molecule has 0 aromatic heterocycles. The summed E-state index contributed by atoms with van der Waals surface area (Å²) in [6.07, 6.45) is 3.82. The highest BCUT2D eigenvalue weighted by atomic mass is 14.9. The summed E-state index contributed by atoms with van der Waals surface area (Å²) in [5.74, 6) is 0. The molecular weight excluding hydrogens is 230 g/mol. The molecule has 1 aliphatic rings. The standard InChI is InChI=1S/C12H10.C6H11N/c1-3-7-11(8-4-1)12-9-5-2-6-10-12;1-6-4-2-3-5-7-6/h1-10H;7H,1-5H2. The van der Waals surface area contributed by atoms with Crippen LogP contribution in [0.1, 0.15) is 19.3 Å². The molecule has 0 amide bonds. The van der Waals surface area contributed by atoms with E-state index in [0.717, 1.165) is 6.54 Å². The van der Waals surface area contributed by atoms with Crippen LogP contribution in [0, 0.1) is 0 Å². The van der Waals surface area contributed by atoms with Crippen LogP contribution in [0.25, 0.3) is 11.1 Å². The smallest absolute Gasteiger partial charge is 0.0143 e. The molecule has 1 heteroatoms. The van der Waals surface area contributed by atoms with Crippen molar-refractivity contribution < 1.29 is 0 Å². The van der Waals surface area contributed by atoms with Crippen molar-refractivity contribution in [2.45, 2.75) is 19.3 Å². The van der Waals surface area contributed by atoms with Crippen molar-refractivity contribution in [2.75, 3.05) is 6.54 Å². The SMILES string of the molecule is C=C1CCCCN1.c1ccc(-c2ccccc2)cc1. The normalized spacial score (nSPS) is 14.0. The zero-order valence-corrected chi connectivity index (χ0v) is 11.3. The van der Waals surface area contributed by atoms with Gasteiger partial charge in [0.15, 0.2) is 0 Å². The minimum absolute atomic E-state index is 1.14. The van der Waals surface area contributed by atoms with Crippen LogP contribution in [0.3, 0.4) is 0 Å². The fourth-order valence-corrected chi connectivity index (χ4v) is 2.08. The second kappa shape index (κ2) is 7.42. The number of rotatable bonds is 1. The summed E-state index contributed by atoms with van der Waals surface area (Å²) in [6, 6.07) is 20.8. The van der Waals surface area contributed by atoms with Gasteiger partial charge in [0, 0.05) is 12.2 Å². The average Bonchev–Trinajstić information content (AvgIpc) is 2.51. The van der Waals surface area contributed by atoms with Gasteiger partial charge in [-0.05, 0) is 30.4 Å². The molecule has 1 heterocycles. The zero-order valence-electron chi connectivity index (χ0n) is 11.3. The lowest BCUT2D eigenvalue weighted by molar-refractivity contribution is 0.590. The minimum Gasteiger partial charge on any atom is -0.389 e. The van der Waals surface area contributed by atoms with Crippen molar-refractivity contribution >= 4 is 0 Å². The molecule has 0 unspecified atom stereocenters. The summed E-state index contributed by atoms with van der Waals surface area (Å²) in [5.41, 5.74) is 3.77. The second-order valence-corrected chi connectivity index (χ2v) is 4.72. The lowest BCUT2D eigenvalue weighted by atomic mass is 10.1. The lowest BCUT2D eigenvalue weighted by Crippen LogP contribution is -2.18. The summed E-state index contributed by atoms with van der Waals surface area (Å²) in [5, 5.41) is 3.19. The topological polar surface area (TPSA) is 12.0 Å². The molecule has 19 heavy (non-hydrogen) atoms. The fraction of sp³-hybridized carbons (Fsp3) is 0.222. The summed E-state index contributed by atoms with van der Waals surface area (Å²) in [7, 11) is 0. The van der Waals surface area contributed by atoms with Gasteiger partial charge < -0.3 is 5.32 Å². The molecule has 1 saturated heterocycles. The third kappa shape index (κ3) is 4.63. The molecule has 2 aromatic rings. The molecular formula is C18H21N. The number of benzene rings is 2. The van der Waals surface area contributed by atoms with Crippen LogP contribution in [0.15, 0.2) is 72.9 Å². The summed E-state index contributed by atoms with van der Waals surface area (Å²) in [4.78, 5) is 0. The minimum atomic E-state index is 1.14. The molecule has 1 fully saturated rings. The van der Waals surface area contributed by atoms with Gasteiger partial charge in [-0.2, -0.15) is 0 Å². The maximum absolute atomic E-state index is 3.80. The van der Waals surface area contributed by atoms with E-state index in [4.69, 9.17) is 0 Å². The number of piperidine rings is 1. The molecule has 0 aliphatic carbocycles. The van der Waals surface area contributed by atoms with E-state index in [1.807, 2.05) is 12.1 Å². The Morgan fingerprint density at radius 2 is 1.26 bits per heavy atom. The summed E-state index contributed by atoms with van der Waals surface area (Å²) >= 11 is 0. The quantitative estimate of drug-likeness (QED) is 0.779. The monoisotopic (exact) mass is 251 g/mol. The molecule has 1 aliphatic heterocycles. The third-order valence-electron chi connectivity index (χ3n) is 3.16. The predicted octanol–water partition coefficient (Wildman–Crippen LogP) is 4.63. The van der Waals surface area contributed by atoms with Gasteiger partial charge in [0.1, 0.15) is 0 Å². The molecule has 0 bridgehead atoms. The van der Waals surface area contributed by atoms with E-state index in [-0.39, 0.29) is 0 Å². The number of hydrogen-bond acceptors (Lipinski definition) is 1. The van der Waals surface area contributed by atoms with Crippen LogP contribution < -0.4 is 5.32 Å². The van der Waals surface area contributed by atoms with E-state index in [1.165, 1.54) is 36.1 Å². The lowest BCUT2D eigenvalue weighted by Gasteiger charge is -2.13. The van der Waals surface area contributed by atoms with Crippen LogP contribution in [0.4, 0.5) is 0 Å². The van der Waals surface area contributed by atoms with E-state index < -0.39 is 0 Å². The van der Waals surface area contributed by atoms with Gasteiger partial charge >= 0.3 is 0 Å². The van der Waals surface area contributed by atoms with E-state index in [1.54, 1.807) is 0 Å². The first-order chi connectivity index (χ1) is 9.36. The van der Waals surface area contributed by atoms with Gasteiger partial charge in [0.25, 0.3) is 0 Å². The molecule has 1 nitrogen and oxygen atoms in total. The van der Waals surface area contributed by atoms with Crippen molar-refractivity contribution in [3.05, 3.63) is 72.9 Å². The van der Waals surface area contributed by atoms with E-state index in [0.29, 0.717) is 0 Å². The Kier molecular flexibility index (Phi) is 5.24. The van der Waals surface area contributed by atoms with Crippen molar-refractivity contribution in [1.82, 2.24) is 5.32 Å². The molecule has 0 saturated carbocycles. The Morgan fingerprint density at radius 1 is 0.737 bits per heavy atom. The number of hydrogen-bond donors (Lipinski definition) is 1.